The maximum Gasteiger partial charge on any atom is 0.227 e. The van der Waals surface area contributed by atoms with E-state index < -0.39 is 0 Å². The highest BCUT2D eigenvalue weighted by atomic mass is 16.2. The minimum absolute atomic E-state index is 0.131. The Balaban J connectivity index is 1.73. The van der Waals surface area contributed by atoms with E-state index in [0.717, 1.165) is 45.4 Å². The predicted octanol–water partition coefficient (Wildman–Crippen LogP) is 1.76. The fourth-order valence-electron chi connectivity index (χ4n) is 3.62. The van der Waals surface area contributed by atoms with Crippen molar-refractivity contribution in [1.82, 2.24) is 15.5 Å². The Hall–Kier alpha value is -0.610. The van der Waals surface area contributed by atoms with Crippen LogP contribution in [-0.2, 0) is 4.79 Å². The van der Waals surface area contributed by atoms with Gasteiger partial charge in [0.1, 0.15) is 0 Å². The number of hydrogen-bond donors (Lipinski definition) is 2. The van der Waals surface area contributed by atoms with Crippen LogP contribution < -0.4 is 10.6 Å². The third-order valence-corrected chi connectivity index (χ3v) is 4.87. The first-order valence-electron chi connectivity index (χ1n) is 8.48. The van der Waals surface area contributed by atoms with Crippen LogP contribution >= 0.6 is 0 Å². The van der Waals surface area contributed by atoms with Crippen LogP contribution in [0.2, 0.25) is 0 Å². The second-order valence-electron chi connectivity index (χ2n) is 6.47. The molecular weight excluding hydrogens is 250 g/mol. The Morgan fingerprint density at radius 2 is 2.00 bits per heavy atom. The third-order valence-electron chi connectivity index (χ3n) is 4.87. The molecule has 1 atom stereocenters. The van der Waals surface area contributed by atoms with Crippen molar-refractivity contribution in [2.24, 2.45) is 5.41 Å². The van der Waals surface area contributed by atoms with Crippen LogP contribution in [0.3, 0.4) is 0 Å². The average Bonchev–Trinajstić information content (AvgIpc) is 2.77. The van der Waals surface area contributed by atoms with Gasteiger partial charge in [0, 0.05) is 19.6 Å². The molecule has 4 heteroatoms. The molecule has 2 fully saturated rings. The molecule has 0 aromatic heterocycles. The lowest BCUT2D eigenvalue weighted by Gasteiger charge is -2.27. The molecule has 2 heterocycles. The number of carbonyl (C=O) groups excluding carboxylic acids is 1. The van der Waals surface area contributed by atoms with Gasteiger partial charge in [0.05, 0.1) is 5.41 Å². The quantitative estimate of drug-likeness (QED) is 0.780. The zero-order chi connectivity index (χ0) is 14.3. The van der Waals surface area contributed by atoms with Crippen molar-refractivity contribution in [3.8, 4) is 0 Å². The molecule has 1 unspecified atom stereocenters. The average molecular weight is 281 g/mol. The summed E-state index contributed by atoms with van der Waals surface area (Å²) in [6, 6.07) is 0. The first-order chi connectivity index (χ1) is 9.77. The van der Waals surface area contributed by atoms with E-state index in [-0.39, 0.29) is 11.3 Å². The largest absolute Gasteiger partial charge is 0.354 e. The molecule has 0 aromatic carbocycles. The van der Waals surface area contributed by atoms with Gasteiger partial charge in [-0.15, -0.1) is 0 Å². The third kappa shape index (κ3) is 4.19. The number of amides is 1. The SMILES string of the molecule is CCCC1(C(=O)NCCN2CCCCCC2)CCNC1. The Bertz CT molecular complexity index is 292. The predicted molar refractivity (Wildman–Crippen MR) is 82.7 cm³/mol. The number of nitrogens with one attached hydrogen (secondary N) is 2. The molecule has 0 saturated carbocycles. The normalized spacial score (nSPS) is 28.2. The Kier molecular flexibility index (Phi) is 6.30. The summed E-state index contributed by atoms with van der Waals surface area (Å²) in [5, 5.41) is 6.55. The standard InChI is InChI=1S/C16H31N3O/c1-2-7-16(8-9-17-14-16)15(20)18-10-13-19-11-5-3-4-6-12-19/h17H,2-14H2,1H3,(H,18,20). The van der Waals surface area contributed by atoms with Gasteiger partial charge in [-0.05, 0) is 45.3 Å². The second kappa shape index (κ2) is 7.99. The summed E-state index contributed by atoms with van der Waals surface area (Å²) in [5.41, 5.74) is -0.131. The monoisotopic (exact) mass is 281 g/mol. The van der Waals surface area contributed by atoms with Crippen LogP contribution in [-0.4, -0.2) is 50.1 Å². The molecular formula is C16H31N3O. The second-order valence-corrected chi connectivity index (χ2v) is 6.47. The maximum atomic E-state index is 12.5. The van der Waals surface area contributed by atoms with E-state index >= 15 is 0 Å². The van der Waals surface area contributed by atoms with E-state index in [1.165, 1.54) is 38.8 Å². The van der Waals surface area contributed by atoms with E-state index in [0.29, 0.717) is 0 Å². The van der Waals surface area contributed by atoms with Crippen molar-refractivity contribution in [2.45, 2.75) is 51.9 Å². The van der Waals surface area contributed by atoms with Crippen molar-refractivity contribution in [2.75, 3.05) is 39.3 Å². The van der Waals surface area contributed by atoms with Crippen molar-refractivity contribution in [1.29, 1.82) is 0 Å². The summed E-state index contributed by atoms with van der Waals surface area (Å²) in [4.78, 5) is 15.0. The summed E-state index contributed by atoms with van der Waals surface area (Å²) in [6.07, 6.45) is 8.46. The van der Waals surface area contributed by atoms with E-state index in [1.54, 1.807) is 0 Å². The van der Waals surface area contributed by atoms with Gasteiger partial charge in [-0.2, -0.15) is 0 Å². The van der Waals surface area contributed by atoms with E-state index in [1.807, 2.05) is 0 Å². The van der Waals surface area contributed by atoms with Crippen LogP contribution in [0.5, 0.6) is 0 Å². The first kappa shape index (κ1) is 15.8. The molecule has 1 amide bonds. The number of rotatable bonds is 6. The number of hydrogen-bond acceptors (Lipinski definition) is 3. The first-order valence-corrected chi connectivity index (χ1v) is 8.48. The fourth-order valence-corrected chi connectivity index (χ4v) is 3.62. The molecule has 2 N–H and O–H groups in total. The highest BCUT2D eigenvalue weighted by Gasteiger charge is 2.39. The van der Waals surface area contributed by atoms with Crippen molar-refractivity contribution < 1.29 is 4.79 Å². The number of carbonyl (C=O) groups is 1. The zero-order valence-corrected chi connectivity index (χ0v) is 13.0. The van der Waals surface area contributed by atoms with Gasteiger partial charge in [-0.25, -0.2) is 0 Å². The summed E-state index contributed by atoms with van der Waals surface area (Å²) < 4.78 is 0. The number of nitrogens with zero attached hydrogens (tertiary/aromatic N) is 1. The zero-order valence-electron chi connectivity index (χ0n) is 13.0. The van der Waals surface area contributed by atoms with Gasteiger partial charge in [-0.3, -0.25) is 4.79 Å². The van der Waals surface area contributed by atoms with Gasteiger partial charge in [0.2, 0.25) is 5.91 Å². The minimum Gasteiger partial charge on any atom is -0.354 e. The highest BCUT2D eigenvalue weighted by Crippen LogP contribution is 2.31. The molecule has 2 rings (SSSR count). The van der Waals surface area contributed by atoms with Crippen molar-refractivity contribution in [3.05, 3.63) is 0 Å². The van der Waals surface area contributed by atoms with E-state index in [4.69, 9.17) is 0 Å². The van der Waals surface area contributed by atoms with Crippen molar-refractivity contribution in [3.63, 3.8) is 0 Å². The lowest BCUT2D eigenvalue weighted by molar-refractivity contribution is -0.130. The van der Waals surface area contributed by atoms with Crippen LogP contribution in [0.4, 0.5) is 0 Å². The van der Waals surface area contributed by atoms with Gasteiger partial charge in [0.15, 0.2) is 0 Å². The molecule has 2 saturated heterocycles. The van der Waals surface area contributed by atoms with Crippen LogP contribution in [0.1, 0.15) is 51.9 Å². The Morgan fingerprint density at radius 1 is 1.25 bits per heavy atom. The minimum atomic E-state index is -0.131. The molecule has 116 valence electrons. The van der Waals surface area contributed by atoms with Crippen LogP contribution in [0.15, 0.2) is 0 Å². The van der Waals surface area contributed by atoms with E-state index in [9.17, 15) is 4.79 Å². The summed E-state index contributed by atoms with van der Waals surface area (Å²) in [6.45, 7) is 8.25. The molecule has 20 heavy (non-hydrogen) atoms. The molecule has 4 nitrogen and oxygen atoms in total. The topological polar surface area (TPSA) is 44.4 Å². The maximum absolute atomic E-state index is 12.5. The summed E-state index contributed by atoms with van der Waals surface area (Å²) >= 11 is 0. The fraction of sp³-hybridized carbons (Fsp3) is 0.938. The molecule has 0 spiro atoms. The Morgan fingerprint density at radius 3 is 2.60 bits per heavy atom. The molecule has 0 aliphatic carbocycles. The van der Waals surface area contributed by atoms with Gasteiger partial charge < -0.3 is 15.5 Å². The lowest BCUT2D eigenvalue weighted by atomic mass is 9.81. The molecule has 2 aliphatic rings. The number of likely N-dealkylation sites (tertiary alicyclic amines) is 1. The highest BCUT2D eigenvalue weighted by molar-refractivity contribution is 5.83. The lowest BCUT2D eigenvalue weighted by Crippen LogP contribution is -2.45. The smallest absolute Gasteiger partial charge is 0.227 e. The van der Waals surface area contributed by atoms with E-state index in [2.05, 4.69) is 22.5 Å². The summed E-state index contributed by atoms with van der Waals surface area (Å²) in [5.74, 6) is 0.277. The van der Waals surface area contributed by atoms with Gasteiger partial charge in [0.25, 0.3) is 0 Å². The van der Waals surface area contributed by atoms with Gasteiger partial charge in [-0.1, -0.05) is 26.2 Å². The summed E-state index contributed by atoms with van der Waals surface area (Å²) in [7, 11) is 0. The molecule has 0 radical (unpaired) electrons. The van der Waals surface area contributed by atoms with Crippen molar-refractivity contribution >= 4 is 5.91 Å². The molecule has 0 bridgehead atoms. The molecule has 2 aliphatic heterocycles. The van der Waals surface area contributed by atoms with Crippen LogP contribution in [0, 0.1) is 5.41 Å². The van der Waals surface area contributed by atoms with Crippen LogP contribution in [0.25, 0.3) is 0 Å². The van der Waals surface area contributed by atoms with Gasteiger partial charge >= 0.3 is 0 Å². The Labute approximate surface area is 123 Å². The molecule has 0 aromatic rings.